The zero-order valence-electron chi connectivity index (χ0n) is 14.9. The highest BCUT2D eigenvalue weighted by Gasteiger charge is 2.11. The summed E-state index contributed by atoms with van der Waals surface area (Å²) in [4.78, 5) is 15.8. The standard InChI is InChI=1S/C18H28N6/c1-4-7-13-19-16-21-17(20-14-15-11-9-8-10-12-15)23-18(22-16)24(5-2)6-3/h8-12H,4-7,13-14H2,1-3H3,(H2,19,20,21,22,23). The highest BCUT2D eigenvalue weighted by atomic mass is 15.3. The van der Waals surface area contributed by atoms with Crippen LogP contribution in [0.2, 0.25) is 0 Å². The molecular formula is C18H28N6. The Morgan fingerprint density at radius 3 is 2.17 bits per heavy atom. The summed E-state index contributed by atoms with van der Waals surface area (Å²) in [7, 11) is 0. The van der Waals surface area contributed by atoms with E-state index in [9.17, 15) is 0 Å². The molecule has 0 bridgehead atoms. The number of anilines is 3. The minimum absolute atomic E-state index is 0.606. The maximum atomic E-state index is 4.57. The van der Waals surface area contributed by atoms with Gasteiger partial charge in [-0.1, -0.05) is 43.7 Å². The molecule has 0 fully saturated rings. The predicted molar refractivity (Wildman–Crippen MR) is 101 cm³/mol. The fourth-order valence-corrected chi connectivity index (χ4v) is 2.32. The van der Waals surface area contributed by atoms with Crippen LogP contribution in [0.15, 0.2) is 30.3 Å². The van der Waals surface area contributed by atoms with Crippen LogP contribution in [-0.4, -0.2) is 34.6 Å². The summed E-state index contributed by atoms with van der Waals surface area (Å²) in [6, 6.07) is 10.2. The lowest BCUT2D eigenvalue weighted by Crippen LogP contribution is -2.25. The van der Waals surface area contributed by atoms with Gasteiger partial charge in [-0.05, 0) is 25.8 Å². The number of hydrogen-bond acceptors (Lipinski definition) is 6. The van der Waals surface area contributed by atoms with Gasteiger partial charge in [-0.25, -0.2) is 0 Å². The molecule has 0 radical (unpaired) electrons. The average molecular weight is 328 g/mol. The Kier molecular flexibility index (Phi) is 7.26. The minimum Gasteiger partial charge on any atom is -0.354 e. The number of unbranched alkanes of at least 4 members (excludes halogenated alkanes) is 1. The molecule has 6 nitrogen and oxygen atoms in total. The second-order valence-electron chi connectivity index (χ2n) is 5.57. The Balaban J connectivity index is 2.14. The summed E-state index contributed by atoms with van der Waals surface area (Å²) in [6.45, 7) is 9.68. The Morgan fingerprint density at radius 2 is 1.54 bits per heavy atom. The molecule has 1 aromatic carbocycles. The van der Waals surface area contributed by atoms with Gasteiger partial charge in [0, 0.05) is 26.2 Å². The molecule has 6 heteroatoms. The summed E-state index contributed by atoms with van der Waals surface area (Å²) in [5, 5.41) is 6.61. The first kappa shape index (κ1) is 18.0. The summed E-state index contributed by atoms with van der Waals surface area (Å²) >= 11 is 0. The van der Waals surface area contributed by atoms with Crippen molar-refractivity contribution in [2.24, 2.45) is 0 Å². The maximum absolute atomic E-state index is 4.57. The lowest BCUT2D eigenvalue weighted by atomic mass is 10.2. The Morgan fingerprint density at radius 1 is 0.875 bits per heavy atom. The van der Waals surface area contributed by atoms with Crippen molar-refractivity contribution in [2.75, 3.05) is 35.2 Å². The van der Waals surface area contributed by atoms with Gasteiger partial charge in [0.25, 0.3) is 0 Å². The number of rotatable bonds is 10. The fraction of sp³-hybridized carbons (Fsp3) is 0.500. The molecule has 0 unspecified atom stereocenters. The molecule has 0 amide bonds. The number of nitrogens with zero attached hydrogens (tertiary/aromatic N) is 4. The molecule has 24 heavy (non-hydrogen) atoms. The van der Waals surface area contributed by atoms with Crippen molar-refractivity contribution in [2.45, 2.75) is 40.2 Å². The zero-order valence-corrected chi connectivity index (χ0v) is 14.9. The monoisotopic (exact) mass is 328 g/mol. The van der Waals surface area contributed by atoms with Gasteiger partial charge in [0.1, 0.15) is 0 Å². The van der Waals surface area contributed by atoms with Gasteiger partial charge < -0.3 is 15.5 Å². The Labute approximate surface area is 144 Å². The Hall–Kier alpha value is -2.37. The van der Waals surface area contributed by atoms with Crippen molar-refractivity contribution < 1.29 is 0 Å². The molecule has 0 spiro atoms. The molecular weight excluding hydrogens is 300 g/mol. The predicted octanol–water partition coefficient (Wildman–Crippen LogP) is 3.54. The highest BCUT2D eigenvalue weighted by molar-refractivity contribution is 5.44. The first-order chi connectivity index (χ1) is 11.8. The van der Waals surface area contributed by atoms with Crippen LogP contribution >= 0.6 is 0 Å². The Bertz CT molecular complexity index is 598. The minimum atomic E-state index is 0.606. The van der Waals surface area contributed by atoms with E-state index < -0.39 is 0 Å². The molecule has 1 heterocycles. The number of aromatic nitrogens is 3. The first-order valence-electron chi connectivity index (χ1n) is 8.79. The smallest absolute Gasteiger partial charge is 0.231 e. The van der Waals surface area contributed by atoms with Gasteiger partial charge in [0.2, 0.25) is 17.8 Å². The van der Waals surface area contributed by atoms with Gasteiger partial charge in [0.05, 0.1) is 0 Å². The molecule has 130 valence electrons. The van der Waals surface area contributed by atoms with Gasteiger partial charge in [-0.3, -0.25) is 0 Å². The quantitative estimate of drug-likeness (QED) is 0.650. The molecule has 0 aliphatic carbocycles. The van der Waals surface area contributed by atoms with Crippen LogP contribution in [0.1, 0.15) is 39.2 Å². The van der Waals surface area contributed by atoms with Gasteiger partial charge in [0.15, 0.2) is 0 Å². The van der Waals surface area contributed by atoms with Crippen molar-refractivity contribution in [1.82, 2.24) is 15.0 Å². The van der Waals surface area contributed by atoms with E-state index in [0.29, 0.717) is 24.4 Å². The van der Waals surface area contributed by atoms with Crippen LogP contribution in [0.25, 0.3) is 0 Å². The molecule has 0 aliphatic rings. The van der Waals surface area contributed by atoms with Crippen molar-refractivity contribution in [3.8, 4) is 0 Å². The van der Waals surface area contributed by atoms with Crippen LogP contribution in [0.4, 0.5) is 17.8 Å². The zero-order chi connectivity index (χ0) is 17.2. The summed E-state index contributed by atoms with van der Waals surface area (Å²) in [5.41, 5.74) is 1.20. The van der Waals surface area contributed by atoms with E-state index in [1.165, 1.54) is 5.56 Å². The van der Waals surface area contributed by atoms with Crippen molar-refractivity contribution >= 4 is 17.8 Å². The third-order valence-electron chi connectivity index (χ3n) is 3.78. The summed E-state index contributed by atoms with van der Waals surface area (Å²) in [6.07, 6.45) is 2.24. The molecule has 0 saturated heterocycles. The van der Waals surface area contributed by atoms with Gasteiger partial charge in [-0.15, -0.1) is 0 Å². The second-order valence-corrected chi connectivity index (χ2v) is 5.57. The van der Waals surface area contributed by atoms with Gasteiger partial charge >= 0.3 is 0 Å². The molecule has 0 atom stereocenters. The lowest BCUT2D eigenvalue weighted by molar-refractivity contribution is 0.799. The molecule has 2 N–H and O–H groups in total. The van der Waals surface area contributed by atoms with Gasteiger partial charge in [-0.2, -0.15) is 15.0 Å². The van der Waals surface area contributed by atoms with E-state index in [1.807, 2.05) is 18.2 Å². The average Bonchev–Trinajstić information content (AvgIpc) is 2.62. The molecule has 2 aromatic rings. The summed E-state index contributed by atoms with van der Waals surface area (Å²) in [5.74, 6) is 1.95. The van der Waals surface area contributed by atoms with E-state index in [-0.39, 0.29) is 0 Å². The lowest BCUT2D eigenvalue weighted by Gasteiger charge is -2.20. The first-order valence-corrected chi connectivity index (χ1v) is 8.79. The van der Waals surface area contributed by atoms with Crippen LogP contribution in [-0.2, 0) is 6.54 Å². The van der Waals surface area contributed by atoms with E-state index in [2.05, 4.69) is 63.4 Å². The highest BCUT2D eigenvalue weighted by Crippen LogP contribution is 2.14. The molecule has 0 saturated carbocycles. The van der Waals surface area contributed by atoms with E-state index in [1.54, 1.807) is 0 Å². The molecule has 1 aromatic heterocycles. The fourth-order valence-electron chi connectivity index (χ4n) is 2.32. The van der Waals surface area contributed by atoms with Crippen molar-refractivity contribution in [3.05, 3.63) is 35.9 Å². The van der Waals surface area contributed by atoms with E-state index in [4.69, 9.17) is 0 Å². The second kappa shape index (κ2) is 9.70. The normalized spacial score (nSPS) is 10.5. The molecule has 0 aliphatic heterocycles. The van der Waals surface area contributed by atoms with Crippen LogP contribution in [0.5, 0.6) is 0 Å². The maximum Gasteiger partial charge on any atom is 0.231 e. The number of hydrogen-bond donors (Lipinski definition) is 2. The third-order valence-corrected chi connectivity index (χ3v) is 3.78. The largest absolute Gasteiger partial charge is 0.354 e. The number of nitrogens with one attached hydrogen (secondary N) is 2. The van der Waals surface area contributed by atoms with Crippen LogP contribution < -0.4 is 15.5 Å². The third kappa shape index (κ3) is 5.37. The number of benzene rings is 1. The molecule has 2 rings (SSSR count). The van der Waals surface area contributed by atoms with E-state index in [0.717, 1.165) is 32.5 Å². The van der Waals surface area contributed by atoms with Crippen molar-refractivity contribution in [3.63, 3.8) is 0 Å². The topological polar surface area (TPSA) is 66.0 Å². The summed E-state index contributed by atoms with van der Waals surface area (Å²) < 4.78 is 0. The SMILES string of the molecule is CCCCNc1nc(NCc2ccccc2)nc(N(CC)CC)n1. The van der Waals surface area contributed by atoms with Crippen molar-refractivity contribution in [1.29, 1.82) is 0 Å². The van der Waals surface area contributed by atoms with E-state index >= 15 is 0 Å². The van der Waals surface area contributed by atoms with Crippen LogP contribution in [0.3, 0.4) is 0 Å². The van der Waals surface area contributed by atoms with Crippen LogP contribution in [0, 0.1) is 0 Å².